The summed E-state index contributed by atoms with van der Waals surface area (Å²) in [7, 11) is 0. The summed E-state index contributed by atoms with van der Waals surface area (Å²) >= 11 is 24.2. The molecule has 0 aliphatic rings. The smallest absolute Gasteiger partial charge is 0.124 e. The Morgan fingerprint density at radius 2 is 1.42 bits per heavy atom. The molecule has 0 saturated carbocycles. The van der Waals surface area contributed by atoms with Gasteiger partial charge in [0.2, 0.25) is 0 Å². The SMILES string of the molecule is O=CCc1ccc(-c2cc(Cl)c(Cl)cc2Cl)c(Cl)c1. The Bertz CT molecular complexity index is 638. The number of hydrogen-bond donors (Lipinski definition) is 0. The molecule has 0 saturated heterocycles. The number of hydrogen-bond acceptors (Lipinski definition) is 1. The summed E-state index contributed by atoms with van der Waals surface area (Å²) in [5.74, 6) is 0. The highest BCUT2D eigenvalue weighted by atomic mass is 35.5. The van der Waals surface area contributed by atoms with E-state index in [1.165, 1.54) is 0 Å². The van der Waals surface area contributed by atoms with Gasteiger partial charge in [0, 0.05) is 22.6 Å². The minimum atomic E-state index is 0.328. The molecule has 0 spiro atoms. The van der Waals surface area contributed by atoms with Gasteiger partial charge < -0.3 is 4.79 Å². The molecule has 2 aromatic rings. The fourth-order valence-corrected chi connectivity index (χ4v) is 2.68. The first-order valence-corrected chi connectivity index (χ1v) is 6.91. The Hall–Kier alpha value is -0.730. The summed E-state index contributed by atoms with van der Waals surface area (Å²) in [6.07, 6.45) is 1.16. The average molecular weight is 334 g/mol. The van der Waals surface area contributed by atoms with E-state index in [0.717, 1.165) is 17.4 Å². The van der Waals surface area contributed by atoms with Gasteiger partial charge in [0.1, 0.15) is 6.29 Å². The normalized spacial score (nSPS) is 10.5. The zero-order chi connectivity index (χ0) is 14.0. The van der Waals surface area contributed by atoms with Crippen molar-refractivity contribution in [3.8, 4) is 11.1 Å². The molecule has 2 aromatic carbocycles. The van der Waals surface area contributed by atoms with Gasteiger partial charge in [-0.3, -0.25) is 0 Å². The standard InChI is InChI=1S/C14H8Cl4O/c15-11-5-8(3-4-19)1-2-9(11)10-6-13(17)14(18)7-12(10)16/h1-2,4-7H,3H2. The van der Waals surface area contributed by atoms with Gasteiger partial charge in [-0.1, -0.05) is 58.5 Å². The van der Waals surface area contributed by atoms with Gasteiger partial charge in [0.05, 0.1) is 15.1 Å². The molecule has 5 heteroatoms. The first-order valence-electron chi connectivity index (χ1n) is 5.40. The molecule has 0 fully saturated rings. The van der Waals surface area contributed by atoms with Crippen molar-refractivity contribution in [3.63, 3.8) is 0 Å². The second-order valence-corrected chi connectivity index (χ2v) is 5.56. The van der Waals surface area contributed by atoms with Crippen LogP contribution in [-0.4, -0.2) is 6.29 Å². The summed E-state index contributed by atoms with van der Waals surface area (Å²) in [6.45, 7) is 0. The summed E-state index contributed by atoms with van der Waals surface area (Å²) in [5.41, 5.74) is 2.30. The molecule has 0 atom stereocenters. The zero-order valence-electron chi connectivity index (χ0n) is 9.59. The van der Waals surface area contributed by atoms with E-state index in [2.05, 4.69) is 0 Å². The number of rotatable bonds is 3. The fraction of sp³-hybridized carbons (Fsp3) is 0.0714. The molecule has 0 unspecified atom stereocenters. The van der Waals surface area contributed by atoms with E-state index in [9.17, 15) is 4.79 Å². The number of aldehydes is 1. The predicted octanol–water partition coefficient (Wildman–Crippen LogP) is 5.71. The van der Waals surface area contributed by atoms with E-state index in [-0.39, 0.29) is 0 Å². The molecule has 0 aliphatic heterocycles. The number of halogens is 4. The van der Waals surface area contributed by atoms with Crippen molar-refractivity contribution >= 4 is 52.7 Å². The molecule has 0 N–H and O–H groups in total. The van der Waals surface area contributed by atoms with E-state index >= 15 is 0 Å². The average Bonchev–Trinajstić information content (AvgIpc) is 2.35. The lowest BCUT2D eigenvalue weighted by Crippen LogP contribution is -1.88. The molecule has 0 amide bonds. The lowest BCUT2D eigenvalue weighted by molar-refractivity contribution is -0.107. The van der Waals surface area contributed by atoms with E-state index in [1.807, 2.05) is 12.1 Å². The first kappa shape index (κ1) is 14.7. The van der Waals surface area contributed by atoms with E-state index < -0.39 is 0 Å². The summed E-state index contributed by atoms with van der Waals surface area (Å²) in [5, 5.41) is 1.79. The highest BCUT2D eigenvalue weighted by Gasteiger charge is 2.11. The topological polar surface area (TPSA) is 17.1 Å². The van der Waals surface area contributed by atoms with E-state index in [0.29, 0.717) is 32.1 Å². The second-order valence-electron chi connectivity index (χ2n) is 3.93. The van der Waals surface area contributed by atoms with Gasteiger partial charge in [-0.25, -0.2) is 0 Å². The van der Waals surface area contributed by atoms with Crippen LogP contribution >= 0.6 is 46.4 Å². The summed E-state index contributed by atoms with van der Waals surface area (Å²) in [6, 6.07) is 8.63. The van der Waals surface area contributed by atoms with Gasteiger partial charge in [-0.05, 0) is 23.8 Å². The molecule has 19 heavy (non-hydrogen) atoms. The maximum absolute atomic E-state index is 10.5. The predicted molar refractivity (Wildman–Crippen MR) is 81.7 cm³/mol. The van der Waals surface area contributed by atoms with Gasteiger partial charge in [-0.2, -0.15) is 0 Å². The van der Waals surface area contributed by atoms with Crippen molar-refractivity contribution in [2.75, 3.05) is 0 Å². The fourth-order valence-electron chi connectivity index (χ4n) is 1.73. The van der Waals surface area contributed by atoms with Crippen LogP contribution in [0, 0.1) is 0 Å². The minimum Gasteiger partial charge on any atom is -0.303 e. The van der Waals surface area contributed by atoms with Gasteiger partial charge in [0.25, 0.3) is 0 Å². The monoisotopic (exact) mass is 332 g/mol. The Morgan fingerprint density at radius 3 is 2.05 bits per heavy atom. The molecule has 1 nitrogen and oxygen atoms in total. The van der Waals surface area contributed by atoms with Gasteiger partial charge >= 0.3 is 0 Å². The third-order valence-electron chi connectivity index (χ3n) is 2.65. The molecule has 0 heterocycles. The molecular formula is C14H8Cl4O. The van der Waals surface area contributed by atoms with Crippen molar-refractivity contribution < 1.29 is 4.79 Å². The highest BCUT2D eigenvalue weighted by molar-refractivity contribution is 6.44. The Kier molecular flexibility index (Phi) is 4.75. The summed E-state index contributed by atoms with van der Waals surface area (Å²) in [4.78, 5) is 10.5. The molecule has 0 aliphatic carbocycles. The van der Waals surface area contributed by atoms with Gasteiger partial charge in [0.15, 0.2) is 0 Å². The highest BCUT2D eigenvalue weighted by Crippen LogP contribution is 2.38. The van der Waals surface area contributed by atoms with Crippen LogP contribution in [-0.2, 0) is 11.2 Å². The van der Waals surface area contributed by atoms with Crippen LogP contribution in [0.1, 0.15) is 5.56 Å². The molecule has 2 rings (SSSR count). The quantitative estimate of drug-likeness (QED) is 0.519. The van der Waals surface area contributed by atoms with E-state index in [1.54, 1.807) is 18.2 Å². The van der Waals surface area contributed by atoms with Crippen LogP contribution in [0.3, 0.4) is 0 Å². The van der Waals surface area contributed by atoms with Crippen molar-refractivity contribution in [1.29, 1.82) is 0 Å². The van der Waals surface area contributed by atoms with E-state index in [4.69, 9.17) is 46.4 Å². The Balaban J connectivity index is 2.53. The number of benzene rings is 2. The van der Waals surface area contributed by atoms with Crippen molar-refractivity contribution in [2.45, 2.75) is 6.42 Å². The number of carbonyl (C=O) groups excluding carboxylic acids is 1. The van der Waals surface area contributed by atoms with Gasteiger partial charge in [-0.15, -0.1) is 0 Å². The second kappa shape index (κ2) is 6.15. The summed E-state index contributed by atoms with van der Waals surface area (Å²) < 4.78 is 0. The third-order valence-corrected chi connectivity index (χ3v) is 4.00. The van der Waals surface area contributed by atoms with Crippen molar-refractivity contribution in [1.82, 2.24) is 0 Å². The molecule has 0 bridgehead atoms. The largest absolute Gasteiger partial charge is 0.303 e. The van der Waals surface area contributed by atoms with Crippen LogP contribution in [0.25, 0.3) is 11.1 Å². The Morgan fingerprint density at radius 1 is 0.789 bits per heavy atom. The van der Waals surface area contributed by atoms with Crippen LogP contribution in [0.2, 0.25) is 20.1 Å². The van der Waals surface area contributed by atoms with Crippen LogP contribution in [0.15, 0.2) is 30.3 Å². The first-order chi connectivity index (χ1) is 9.02. The zero-order valence-corrected chi connectivity index (χ0v) is 12.6. The van der Waals surface area contributed by atoms with Crippen molar-refractivity contribution in [3.05, 3.63) is 56.0 Å². The minimum absolute atomic E-state index is 0.328. The van der Waals surface area contributed by atoms with Crippen LogP contribution < -0.4 is 0 Å². The molecule has 0 radical (unpaired) electrons. The molecule has 0 aromatic heterocycles. The lowest BCUT2D eigenvalue weighted by Gasteiger charge is -2.09. The maximum atomic E-state index is 10.5. The lowest BCUT2D eigenvalue weighted by atomic mass is 10.0. The van der Waals surface area contributed by atoms with Crippen LogP contribution in [0.5, 0.6) is 0 Å². The Labute approximate surface area is 131 Å². The third kappa shape index (κ3) is 3.24. The number of carbonyl (C=O) groups is 1. The van der Waals surface area contributed by atoms with Crippen molar-refractivity contribution in [2.24, 2.45) is 0 Å². The van der Waals surface area contributed by atoms with Crippen LogP contribution in [0.4, 0.5) is 0 Å². The molecular weight excluding hydrogens is 326 g/mol. The maximum Gasteiger partial charge on any atom is 0.124 e. The molecule has 98 valence electrons.